The summed E-state index contributed by atoms with van der Waals surface area (Å²) in [6.07, 6.45) is 2.83. The Morgan fingerprint density at radius 1 is 1.46 bits per heavy atom. The molecule has 1 fully saturated rings. The quantitative estimate of drug-likeness (QED) is 0.700. The number of carbonyl (C=O) groups excluding carboxylic acids is 1. The molecule has 1 N–H and O–H groups in total. The summed E-state index contributed by atoms with van der Waals surface area (Å²) < 4.78 is 0. The van der Waals surface area contributed by atoms with E-state index < -0.39 is 0 Å². The lowest BCUT2D eigenvalue weighted by molar-refractivity contribution is -0.117. The number of hydrogen-bond donors (Lipinski definition) is 1. The topological polar surface area (TPSA) is 40.5 Å². The van der Waals surface area contributed by atoms with E-state index in [0.717, 1.165) is 32.5 Å². The summed E-state index contributed by atoms with van der Waals surface area (Å²) in [6, 6.07) is 0. The van der Waals surface area contributed by atoms with Crippen LogP contribution in [0.5, 0.6) is 0 Å². The summed E-state index contributed by atoms with van der Waals surface area (Å²) >= 11 is 0. The zero-order valence-electron chi connectivity index (χ0n) is 8.33. The van der Waals surface area contributed by atoms with Crippen molar-refractivity contribution in [2.24, 2.45) is 5.92 Å². The van der Waals surface area contributed by atoms with Crippen LogP contribution in [0.2, 0.25) is 0 Å². The molecule has 1 rings (SSSR count). The summed E-state index contributed by atoms with van der Waals surface area (Å²) in [5.41, 5.74) is 0. The lowest BCUT2D eigenvalue weighted by atomic mass is 9.98. The van der Waals surface area contributed by atoms with Crippen LogP contribution < -0.4 is 0 Å². The van der Waals surface area contributed by atoms with Crippen molar-refractivity contribution in [2.45, 2.75) is 26.2 Å². The molecular formula is C10H19NO2. The highest BCUT2D eigenvalue weighted by Crippen LogP contribution is 2.16. The molecule has 1 aliphatic rings. The second kappa shape index (κ2) is 5.35. The zero-order valence-corrected chi connectivity index (χ0v) is 8.33. The molecule has 1 heterocycles. The number of hydrogen-bond acceptors (Lipinski definition) is 3. The number of ketones is 1. The van der Waals surface area contributed by atoms with Crippen molar-refractivity contribution in [3.8, 4) is 0 Å². The SMILES string of the molecule is CC(=O)CCN1CCC(CO)CC1. The van der Waals surface area contributed by atoms with Crippen molar-refractivity contribution in [1.29, 1.82) is 0 Å². The Morgan fingerprint density at radius 2 is 2.08 bits per heavy atom. The molecule has 76 valence electrons. The van der Waals surface area contributed by atoms with Crippen LogP contribution in [-0.4, -0.2) is 42.0 Å². The number of Topliss-reactive ketones (excluding diaryl/α,β-unsaturated/α-hetero) is 1. The maximum Gasteiger partial charge on any atom is 0.131 e. The average molecular weight is 185 g/mol. The van der Waals surface area contributed by atoms with Crippen molar-refractivity contribution < 1.29 is 9.90 Å². The number of piperidine rings is 1. The van der Waals surface area contributed by atoms with E-state index in [1.165, 1.54) is 0 Å². The minimum Gasteiger partial charge on any atom is -0.396 e. The molecule has 0 atom stereocenters. The van der Waals surface area contributed by atoms with Crippen LogP contribution in [0.25, 0.3) is 0 Å². The van der Waals surface area contributed by atoms with Crippen LogP contribution in [0.15, 0.2) is 0 Å². The summed E-state index contributed by atoms with van der Waals surface area (Å²) in [4.78, 5) is 13.1. The van der Waals surface area contributed by atoms with Gasteiger partial charge in [-0.05, 0) is 38.8 Å². The summed E-state index contributed by atoms with van der Waals surface area (Å²) in [5.74, 6) is 0.762. The molecule has 0 aromatic carbocycles. The lowest BCUT2D eigenvalue weighted by Crippen LogP contribution is -2.35. The standard InChI is InChI=1S/C10H19NO2/c1-9(13)2-5-11-6-3-10(8-12)4-7-11/h10,12H,2-8H2,1H3. The van der Waals surface area contributed by atoms with Crippen molar-refractivity contribution >= 4 is 5.78 Å². The van der Waals surface area contributed by atoms with Gasteiger partial charge in [0, 0.05) is 19.6 Å². The Hall–Kier alpha value is -0.410. The molecule has 1 aliphatic heterocycles. The first-order valence-electron chi connectivity index (χ1n) is 5.05. The highest BCUT2D eigenvalue weighted by atomic mass is 16.3. The number of aliphatic hydroxyl groups is 1. The Balaban J connectivity index is 2.14. The fourth-order valence-corrected chi connectivity index (χ4v) is 1.71. The van der Waals surface area contributed by atoms with E-state index in [4.69, 9.17) is 5.11 Å². The van der Waals surface area contributed by atoms with Gasteiger partial charge < -0.3 is 10.0 Å². The normalized spacial score (nSPS) is 20.5. The molecule has 0 bridgehead atoms. The fourth-order valence-electron chi connectivity index (χ4n) is 1.71. The summed E-state index contributed by atoms with van der Waals surface area (Å²) in [6.45, 7) is 4.94. The van der Waals surface area contributed by atoms with Crippen molar-refractivity contribution in [2.75, 3.05) is 26.2 Å². The number of rotatable bonds is 4. The van der Waals surface area contributed by atoms with Crippen LogP contribution in [0.4, 0.5) is 0 Å². The first kappa shape index (κ1) is 10.7. The maximum atomic E-state index is 10.7. The monoisotopic (exact) mass is 185 g/mol. The van der Waals surface area contributed by atoms with Gasteiger partial charge in [0.15, 0.2) is 0 Å². The number of nitrogens with zero attached hydrogens (tertiary/aromatic N) is 1. The molecule has 0 aromatic heterocycles. The first-order chi connectivity index (χ1) is 6.22. The molecular weight excluding hydrogens is 166 g/mol. The average Bonchev–Trinajstić information content (AvgIpc) is 2.15. The Kier molecular flexibility index (Phi) is 4.39. The highest BCUT2D eigenvalue weighted by molar-refractivity contribution is 5.75. The molecule has 0 aromatic rings. The molecule has 0 spiro atoms. The van der Waals surface area contributed by atoms with Gasteiger partial charge in [0.2, 0.25) is 0 Å². The third kappa shape index (κ3) is 3.87. The summed E-state index contributed by atoms with van der Waals surface area (Å²) in [7, 11) is 0. The highest BCUT2D eigenvalue weighted by Gasteiger charge is 2.17. The Labute approximate surface area is 79.7 Å². The zero-order chi connectivity index (χ0) is 9.68. The van der Waals surface area contributed by atoms with Gasteiger partial charge in [0.05, 0.1) is 0 Å². The van der Waals surface area contributed by atoms with Gasteiger partial charge in [-0.2, -0.15) is 0 Å². The lowest BCUT2D eigenvalue weighted by Gasteiger charge is -2.30. The third-order valence-electron chi connectivity index (χ3n) is 2.75. The van der Waals surface area contributed by atoms with E-state index in [0.29, 0.717) is 18.9 Å². The second-order valence-corrected chi connectivity index (χ2v) is 3.92. The molecule has 0 saturated carbocycles. The van der Waals surface area contributed by atoms with E-state index in [1.54, 1.807) is 6.92 Å². The molecule has 13 heavy (non-hydrogen) atoms. The van der Waals surface area contributed by atoms with Crippen molar-refractivity contribution in [1.82, 2.24) is 4.90 Å². The summed E-state index contributed by atoms with van der Waals surface area (Å²) in [5, 5.41) is 8.92. The molecule has 3 heteroatoms. The predicted octanol–water partition coefficient (Wildman–Crippen LogP) is 0.670. The molecule has 0 radical (unpaired) electrons. The van der Waals surface area contributed by atoms with E-state index >= 15 is 0 Å². The Bertz CT molecular complexity index is 162. The van der Waals surface area contributed by atoms with Crippen LogP contribution >= 0.6 is 0 Å². The van der Waals surface area contributed by atoms with E-state index in [1.807, 2.05) is 0 Å². The largest absolute Gasteiger partial charge is 0.396 e. The minimum absolute atomic E-state index is 0.268. The molecule has 0 aliphatic carbocycles. The minimum atomic E-state index is 0.268. The van der Waals surface area contributed by atoms with Crippen LogP contribution in [0.1, 0.15) is 26.2 Å². The van der Waals surface area contributed by atoms with Gasteiger partial charge in [-0.3, -0.25) is 4.79 Å². The van der Waals surface area contributed by atoms with Gasteiger partial charge in [-0.15, -0.1) is 0 Å². The third-order valence-corrected chi connectivity index (χ3v) is 2.75. The number of aliphatic hydroxyl groups excluding tert-OH is 1. The number of likely N-dealkylation sites (tertiary alicyclic amines) is 1. The maximum absolute atomic E-state index is 10.7. The van der Waals surface area contributed by atoms with Crippen molar-refractivity contribution in [3.05, 3.63) is 0 Å². The molecule has 0 amide bonds. The van der Waals surface area contributed by atoms with Gasteiger partial charge >= 0.3 is 0 Å². The van der Waals surface area contributed by atoms with E-state index in [9.17, 15) is 4.79 Å². The number of carbonyl (C=O) groups is 1. The van der Waals surface area contributed by atoms with Crippen LogP contribution in [0.3, 0.4) is 0 Å². The molecule has 1 saturated heterocycles. The Morgan fingerprint density at radius 3 is 2.54 bits per heavy atom. The van der Waals surface area contributed by atoms with E-state index in [-0.39, 0.29) is 5.78 Å². The smallest absolute Gasteiger partial charge is 0.131 e. The fraction of sp³-hybridized carbons (Fsp3) is 0.900. The van der Waals surface area contributed by atoms with Gasteiger partial charge in [0.25, 0.3) is 0 Å². The van der Waals surface area contributed by atoms with Crippen molar-refractivity contribution in [3.63, 3.8) is 0 Å². The van der Waals surface area contributed by atoms with Gasteiger partial charge in [0.1, 0.15) is 5.78 Å². The second-order valence-electron chi connectivity index (χ2n) is 3.92. The predicted molar refractivity (Wildman–Crippen MR) is 51.5 cm³/mol. The molecule has 3 nitrogen and oxygen atoms in total. The van der Waals surface area contributed by atoms with Gasteiger partial charge in [-0.25, -0.2) is 0 Å². The van der Waals surface area contributed by atoms with Crippen LogP contribution in [0, 0.1) is 5.92 Å². The van der Waals surface area contributed by atoms with Crippen LogP contribution in [-0.2, 0) is 4.79 Å². The van der Waals surface area contributed by atoms with Gasteiger partial charge in [-0.1, -0.05) is 0 Å². The molecule has 0 unspecified atom stereocenters. The van der Waals surface area contributed by atoms with E-state index in [2.05, 4.69) is 4.90 Å². The first-order valence-corrected chi connectivity index (χ1v) is 5.05.